The predicted molar refractivity (Wildman–Crippen MR) is 137 cm³/mol. The summed E-state index contributed by atoms with van der Waals surface area (Å²) >= 11 is 0. The Hall–Kier alpha value is -3.36. The molecule has 2 amide bonds. The van der Waals surface area contributed by atoms with Crippen LogP contribution in [0.5, 0.6) is 5.88 Å². The van der Waals surface area contributed by atoms with Gasteiger partial charge in [-0.15, -0.1) is 5.10 Å². The molecule has 35 heavy (non-hydrogen) atoms. The van der Waals surface area contributed by atoms with Gasteiger partial charge in [-0.2, -0.15) is 0 Å². The first-order valence-electron chi connectivity index (χ1n) is 11.9. The van der Waals surface area contributed by atoms with Crippen LogP contribution in [0, 0.1) is 6.92 Å². The molecule has 0 spiro atoms. The number of hydrogen-bond acceptors (Lipinski definition) is 5. The van der Waals surface area contributed by atoms with E-state index >= 15 is 0 Å². The van der Waals surface area contributed by atoms with Crippen LogP contribution >= 0.6 is 0 Å². The van der Waals surface area contributed by atoms with Gasteiger partial charge in [-0.25, -0.2) is 9.48 Å². The van der Waals surface area contributed by atoms with Gasteiger partial charge < -0.3 is 20.1 Å². The highest BCUT2D eigenvalue weighted by molar-refractivity contribution is 5.90. The number of nitrogens with one attached hydrogen (secondary N) is 2. The van der Waals surface area contributed by atoms with Crippen LogP contribution < -0.4 is 15.4 Å². The molecule has 0 aliphatic heterocycles. The first-order chi connectivity index (χ1) is 16.7. The van der Waals surface area contributed by atoms with E-state index in [9.17, 15) is 9.90 Å². The van der Waals surface area contributed by atoms with Crippen molar-refractivity contribution in [1.29, 1.82) is 0 Å². The normalized spacial score (nSPS) is 18.7. The topological polar surface area (TPSA) is 91.7 Å². The third kappa shape index (κ3) is 5.33. The summed E-state index contributed by atoms with van der Waals surface area (Å²) in [6, 6.07) is 16.6. The first kappa shape index (κ1) is 24.8. The Labute approximate surface area is 206 Å². The summed E-state index contributed by atoms with van der Waals surface area (Å²) in [5.74, 6) is 0.989. The number of aliphatic hydroxyl groups excluding tert-OH is 1. The number of carbonyl (C=O) groups is 1. The fraction of sp³-hybridized carbons (Fsp3) is 0.407. The zero-order valence-electron chi connectivity index (χ0n) is 21.1. The zero-order valence-corrected chi connectivity index (χ0v) is 21.1. The number of hydrogen-bond donors (Lipinski definition) is 3. The molecule has 1 aliphatic rings. The van der Waals surface area contributed by atoms with Crippen LogP contribution in [0.2, 0.25) is 0 Å². The van der Waals surface area contributed by atoms with Crippen molar-refractivity contribution in [3.63, 3.8) is 0 Å². The van der Waals surface area contributed by atoms with E-state index in [2.05, 4.69) is 35.6 Å². The molecular formula is C27H35N5O3. The van der Waals surface area contributed by atoms with Crippen LogP contribution in [0.15, 0.2) is 54.6 Å². The number of aliphatic hydroxyl groups is 1. The number of ether oxygens (including phenoxy) is 1. The van der Waals surface area contributed by atoms with Crippen molar-refractivity contribution in [2.24, 2.45) is 0 Å². The largest absolute Gasteiger partial charge is 0.475 e. The summed E-state index contributed by atoms with van der Waals surface area (Å²) in [5, 5.41) is 21.5. The molecule has 3 aromatic rings. The molecule has 1 aromatic heterocycles. The van der Waals surface area contributed by atoms with Crippen LogP contribution in [-0.2, 0) is 5.41 Å². The molecule has 0 radical (unpaired) electrons. The Bertz CT molecular complexity index is 1170. The second-order valence-electron chi connectivity index (χ2n) is 10.00. The number of anilines is 1. The predicted octanol–water partition coefficient (Wildman–Crippen LogP) is 4.03. The van der Waals surface area contributed by atoms with E-state index in [-0.39, 0.29) is 5.41 Å². The molecular weight excluding hydrogens is 442 g/mol. The Kier molecular flexibility index (Phi) is 7.14. The van der Waals surface area contributed by atoms with Gasteiger partial charge in [0.25, 0.3) is 0 Å². The van der Waals surface area contributed by atoms with Crippen LogP contribution in [0.25, 0.3) is 5.69 Å². The molecule has 1 aliphatic carbocycles. The summed E-state index contributed by atoms with van der Waals surface area (Å²) in [6.45, 7) is 7.33. The fourth-order valence-electron chi connectivity index (χ4n) is 4.64. The monoisotopic (exact) mass is 477 g/mol. The van der Waals surface area contributed by atoms with Crippen molar-refractivity contribution >= 4 is 11.8 Å². The lowest BCUT2D eigenvalue weighted by atomic mass is 9.70. The summed E-state index contributed by atoms with van der Waals surface area (Å²) < 4.78 is 7.60. The van der Waals surface area contributed by atoms with E-state index in [4.69, 9.17) is 4.74 Å². The van der Waals surface area contributed by atoms with Crippen molar-refractivity contribution in [2.75, 3.05) is 32.6 Å². The minimum atomic E-state index is -0.698. The van der Waals surface area contributed by atoms with Crippen molar-refractivity contribution in [2.45, 2.75) is 44.8 Å². The van der Waals surface area contributed by atoms with Gasteiger partial charge in [0.05, 0.1) is 23.4 Å². The van der Waals surface area contributed by atoms with E-state index in [0.29, 0.717) is 24.7 Å². The molecule has 1 heterocycles. The molecule has 2 atom stereocenters. The van der Waals surface area contributed by atoms with Gasteiger partial charge in [-0.05, 0) is 56.1 Å². The van der Waals surface area contributed by atoms with E-state index in [1.54, 1.807) is 4.68 Å². The fourth-order valence-corrected chi connectivity index (χ4v) is 4.64. The number of fused-ring (bicyclic) bond motifs is 1. The Balaban J connectivity index is 1.59. The Morgan fingerprint density at radius 2 is 1.86 bits per heavy atom. The summed E-state index contributed by atoms with van der Waals surface area (Å²) in [7, 11) is 3.96. The lowest BCUT2D eigenvalue weighted by molar-refractivity contribution is 0.0883. The van der Waals surface area contributed by atoms with Gasteiger partial charge in [0, 0.05) is 6.54 Å². The molecule has 0 bridgehead atoms. The number of para-hydroxylation sites is 1. The number of amides is 2. The third-order valence-electron chi connectivity index (χ3n) is 6.50. The number of urea groups is 1. The number of likely N-dealkylation sites (N-methyl/N-ethyl adjacent to an activating group) is 1. The average molecular weight is 478 g/mol. The minimum Gasteiger partial charge on any atom is -0.475 e. The minimum absolute atomic E-state index is 0.175. The standard InChI is InChI=1S/C27H35N5O3/c1-18-24(32(19-11-7-6-8-12-19)30-25(18)35-16-15-31(4)5)29-26(34)28-23-20-13-9-10-14-21(20)27(2,3)17-22(23)33/h6-14,22-23,33H,15-17H2,1-5H3,(H2,28,29,34)/t22-,23-/m1/s1. The number of carbonyl (C=O) groups excluding carboxylic acids is 1. The number of aromatic nitrogens is 2. The Morgan fingerprint density at radius 3 is 2.57 bits per heavy atom. The maximum Gasteiger partial charge on any atom is 0.320 e. The molecule has 2 aromatic carbocycles. The van der Waals surface area contributed by atoms with Gasteiger partial charge in [0.2, 0.25) is 5.88 Å². The van der Waals surface area contributed by atoms with Gasteiger partial charge in [-0.3, -0.25) is 5.32 Å². The average Bonchev–Trinajstić information content (AvgIpc) is 3.12. The van der Waals surface area contributed by atoms with Gasteiger partial charge in [0.1, 0.15) is 12.4 Å². The van der Waals surface area contributed by atoms with Gasteiger partial charge in [-0.1, -0.05) is 56.3 Å². The highest BCUT2D eigenvalue weighted by Gasteiger charge is 2.39. The first-order valence-corrected chi connectivity index (χ1v) is 11.9. The zero-order chi connectivity index (χ0) is 25.2. The van der Waals surface area contributed by atoms with E-state index in [1.165, 1.54) is 0 Å². The van der Waals surface area contributed by atoms with Crippen molar-refractivity contribution < 1.29 is 14.6 Å². The SMILES string of the molecule is Cc1c(OCCN(C)C)nn(-c2ccccc2)c1NC(=O)N[C@@H]1c2ccccc2C(C)(C)C[C@H]1O. The molecule has 186 valence electrons. The number of nitrogens with zero attached hydrogens (tertiary/aromatic N) is 3. The van der Waals surface area contributed by atoms with E-state index in [1.807, 2.05) is 74.4 Å². The maximum atomic E-state index is 13.2. The van der Waals surface area contributed by atoms with Crippen LogP contribution in [0.1, 0.15) is 43.0 Å². The summed E-state index contributed by atoms with van der Waals surface area (Å²) in [6.07, 6.45) is -0.143. The Morgan fingerprint density at radius 1 is 1.17 bits per heavy atom. The summed E-state index contributed by atoms with van der Waals surface area (Å²) in [4.78, 5) is 15.3. The number of benzene rings is 2. The molecule has 0 unspecified atom stereocenters. The molecule has 8 nitrogen and oxygen atoms in total. The molecule has 0 saturated carbocycles. The second-order valence-corrected chi connectivity index (χ2v) is 10.00. The van der Waals surface area contributed by atoms with Crippen LogP contribution in [-0.4, -0.2) is 59.2 Å². The smallest absolute Gasteiger partial charge is 0.320 e. The van der Waals surface area contributed by atoms with Crippen LogP contribution in [0.4, 0.5) is 10.6 Å². The number of rotatable bonds is 7. The highest BCUT2D eigenvalue weighted by atomic mass is 16.5. The second kappa shape index (κ2) is 10.1. The lowest BCUT2D eigenvalue weighted by Gasteiger charge is -2.40. The molecule has 3 N–H and O–H groups in total. The highest BCUT2D eigenvalue weighted by Crippen LogP contribution is 2.41. The molecule has 8 heteroatoms. The quantitative estimate of drug-likeness (QED) is 0.478. The van der Waals surface area contributed by atoms with Crippen molar-refractivity contribution in [1.82, 2.24) is 20.0 Å². The van der Waals surface area contributed by atoms with Crippen molar-refractivity contribution in [3.8, 4) is 11.6 Å². The molecule has 0 saturated heterocycles. The summed E-state index contributed by atoms with van der Waals surface area (Å²) in [5.41, 5.74) is 3.43. The van der Waals surface area contributed by atoms with Crippen LogP contribution in [0.3, 0.4) is 0 Å². The van der Waals surface area contributed by atoms with Crippen molar-refractivity contribution in [3.05, 3.63) is 71.3 Å². The maximum absolute atomic E-state index is 13.2. The van der Waals surface area contributed by atoms with E-state index in [0.717, 1.165) is 28.9 Å². The third-order valence-corrected chi connectivity index (χ3v) is 6.50. The lowest BCUT2D eigenvalue weighted by Crippen LogP contribution is -2.45. The molecule has 4 rings (SSSR count). The van der Waals surface area contributed by atoms with E-state index < -0.39 is 18.2 Å². The van der Waals surface area contributed by atoms with Gasteiger partial charge in [0.15, 0.2) is 0 Å². The molecule has 0 fully saturated rings. The van der Waals surface area contributed by atoms with Gasteiger partial charge >= 0.3 is 6.03 Å².